The van der Waals surface area contributed by atoms with Gasteiger partial charge < -0.3 is 15.1 Å². The van der Waals surface area contributed by atoms with E-state index < -0.39 is 0 Å². The van der Waals surface area contributed by atoms with E-state index in [1.54, 1.807) is 19.1 Å². The van der Waals surface area contributed by atoms with Crippen LogP contribution in [0.5, 0.6) is 0 Å². The highest BCUT2D eigenvalue weighted by atomic mass is 16.3. The molecule has 3 rings (SSSR count). The highest BCUT2D eigenvalue weighted by Gasteiger charge is 2.17. The van der Waals surface area contributed by atoms with Gasteiger partial charge in [-0.15, -0.1) is 0 Å². The van der Waals surface area contributed by atoms with E-state index in [2.05, 4.69) is 10.6 Å². The van der Waals surface area contributed by atoms with Crippen LogP contribution in [0.25, 0.3) is 0 Å². The zero-order valence-electron chi connectivity index (χ0n) is 11.9. The molecule has 0 saturated heterocycles. The highest BCUT2D eigenvalue weighted by Crippen LogP contribution is 2.26. The molecule has 1 aliphatic heterocycles. The van der Waals surface area contributed by atoms with Crippen LogP contribution in [-0.2, 0) is 11.2 Å². The van der Waals surface area contributed by atoms with Crippen LogP contribution in [0.15, 0.2) is 28.7 Å². The molecule has 21 heavy (non-hydrogen) atoms. The summed E-state index contributed by atoms with van der Waals surface area (Å²) in [5.74, 6) is 1.16. The summed E-state index contributed by atoms with van der Waals surface area (Å²) in [6.45, 7) is 3.58. The number of furan rings is 1. The van der Waals surface area contributed by atoms with Crippen LogP contribution in [0, 0.1) is 13.8 Å². The van der Waals surface area contributed by atoms with Gasteiger partial charge in [0.25, 0.3) is 5.91 Å². The fourth-order valence-corrected chi connectivity index (χ4v) is 2.52. The summed E-state index contributed by atoms with van der Waals surface area (Å²) in [6.07, 6.45) is 1.17. The number of hydrogen-bond acceptors (Lipinski definition) is 3. The maximum atomic E-state index is 12.2. The van der Waals surface area contributed by atoms with Gasteiger partial charge in [-0.1, -0.05) is 0 Å². The van der Waals surface area contributed by atoms with Gasteiger partial charge in [0.15, 0.2) is 0 Å². The van der Waals surface area contributed by atoms with E-state index >= 15 is 0 Å². The molecule has 2 aromatic rings. The molecule has 5 nitrogen and oxygen atoms in total. The lowest BCUT2D eigenvalue weighted by Crippen LogP contribution is -2.19. The van der Waals surface area contributed by atoms with Gasteiger partial charge in [-0.3, -0.25) is 9.59 Å². The molecule has 2 amide bonds. The number of rotatable bonds is 2. The van der Waals surface area contributed by atoms with E-state index in [-0.39, 0.29) is 11.8 Å². The lowest BCUT2D eigenvalue weighted by atomic mass is 10.0. The Morgan fingerprint density at radius 1 is 1.24 bits per heavy atom. The molecule has 1 aromatic heterocycles. The number of aryl methyl sites for hydroxylation is 3. The molecule has 108 valence electrons. The molecule has 0 saturated carbocycles. The van der Waals surface area contributed by atoms with E-state index in [1.807, 2.05) is 19.1 Å². The Balaban J connectivity index is 1.81. The first-order chi connectivity index (χ1) is 10.0. The average Bonchev–Trinajstić information content (AvgIpc) is 2.78. The number of hydrogen-bond donors (Lipinski definition) is 2. The molecule has 1 aromatic carbocycles. The minimum Gasteiger partial charge on any atom is -0.466 e. The lowest BCUT2D eigenvalue weighted by molar-refractivity contribution is -0.116. The van der Waals surface area contributed by atoms with Crippen molar-refractivity contribution < 1.29 is 14.0 Å². The van der Waals surface area contributed by atoms with Gasteiger partial charge in [-0.2, -0.15) is 0 Å². The zero-order chi connectivity index (χ0) is 15.0. The number of benzene rings is 1. The first kappa shape index (κ1) is 13.4. The van der Waals surface area contributed by atoms with Crippen LogP contribution >= 0.6 is 0 Å². The minimum absolute atomic E-state index is 0.0313. The van der Waals surface area contributed by atoms with Gasteiger partial charge in [0, 0.05) is 17.8 Å². The summed E-state index contributed by atoms with van der Waals surface area (Å²) >= 11 is 0. The molecular weight excluding hydrogens is 268 g/mol. The molecule has 1 aliphatic rings. The molecule has 2 N–H and O–H groups in total. The molecule has 5 heteroatoms. The third-order valence-electron chi connectivity index (χ3n) is 3.54. The average molecular weight is 284 g/mol. The van der Waals surface area contributed by atoms with Gasteiger partial charge in [-0.25, -0.2) is 0 Å². The topological polar surface area (TPSA) is 71.3 Å². The van der Waals surface area contributed by atoms with Crippen molar-refractivity contribution in [2.75, 3.05) is 10.6 Å². The number of carbonyl (C=O) groups is 2. The van der Waals surface area contributed by atoms with E-state index in [1.165, 1.54) is 0 Å². The number of anilines is 2. The van der Waals surface area contributed by atoms with Crippen LogP contribution in [0.4, 0.5) is 11.4 Å². The Hall–Kier alpha value is -2.56. The van der Waals surface area contributed by atoms with E-state index in [9.17, 15) is 9.59 Å². The van der Waals surface area contributed by atoms with Gasteiger partial charge >= 0.3 is 0 Å². The molecular formula is C16H16N2O3. The number of amides is 2. The summed E-state index contributed by atoms with van der Waals surface area (Å²) in [5.41, 5.74) is 3.11. The Bertz CT molecular complexity index is 731. The summed E-state index contributed by atoms with van der Waals surface area (Å²) < 4.78 is 5.37. The third-order valence-corrected chi connectivity index (χ3v) is 3.54. The first-order valence-corrected chi connectivity index (χ1v) is 6.84. The van der Waals surface area contributed by atoms with Gasteiger partial charge in [0.2, 0.25) is 5.91 Å². The molecule has 0 unspecified atom stereocenters. The van der Waals surface area contributed by atoms with Crippen molar-refractivity contribution in [3.05, 3.63) is 46.9 Å². The summed E-state index contributed by atoms with van der Waals surface area (Å²) in [4.78, 5) is 23.5. The van der Waals surface area contributed by atoms with E-state index in [0.29, 0.717) is 35.6 Å². The number of nitrogens with one attached hydrogen (secondary N) is 2. The zero-order valence-corrected chi connectivity index (χ0v) is 11.9. The molecule has 0 fully saturated rings. The largest absolute Gasteiger partial charge is 0.466 e. The van der Waals surface area contributed by atoms with Gasteiger partial charge in [0.05, 0.1) is 5.56 Å². The first-order valence-electron chi connectivity index (χ1n) is 6.84. The molecule has 0 spiro atoms. The molecule has 0 aliphatic carbocycles. The third kappa shape index (κ3) is 2.67. The van der Waals surface area contributed by atoms with Crippen LogP contribution in [0.2, 0.25) is 0 Å². The van der Waals surface area contributed by atoms with Crippen molar-refractivity contribution in [3.63, 3.8) is 0 Å². The molecule has 0 radical (unpaired) electrons. The normalized spacial score (nSPS) is 13.5. The van der Waals surface area contributed by atoms with Crippen molar-refractivity contribution >= 4 is 23.2 Å². The van der Waals surface area contributed by atoms with Crippen LogP contribution in [0.3, 0.4) is 0 Å². The second-order valence-corrected chi connectivity index (χ2v) is 5.20. The summed E-state index contributed by atoms with van der Waals surface area (Å²) in [6, 6.07) is 7.22. The van der Waals surface area contributed by atoms with Crippen molar-refractivity contribution in [2.45, 2.75) is 26.7 Å². The van der Waals surface area contributed by atoms with Crippen LogP contribution in [-0.4, -0.2) is 11.8 Å². The fraction of sp³-hybridized carbons (Fsp3) is 0.250. The molecule has 2 heterocycles. The second kappa shape index (κ2) is 5.09. The van der Waals surface area contributed by atoms with Gasteiger partial charge in [0.1, 0.15) is 11.5 Å². The molecule has 0 bridgehead atoms. The van der Waals surface area contributed by atoms with Crippen LogP contribution in [0.1, 0.15) is 33.9 Å². The predicted octanol–water partition coefficient (Wildman–Crippen LogP) is 3.03. The maximum absolute atomic E-state index is 12.2. The van der Waals surface area contributed by atoms with Crippen molar-refractivity contribution in [1.29, 1.82) is 0 Å². The van der Waals surface area contributed by atoms with Crippen molar-refractivity contribution in [1.82, 2.24) is 0 Å². The quantitative estimate of drug-likeness (QED) is 0.890. The number of carbonyl (C=O) groups excluding carboxylic acids is 2. The second-order valence-electron chi connectivity index (χ2n) is 5.20. The van der Waals surface area contributed by atoms with Crippen LogP contribution < -0.4 is 10.6 Å². The smallest absolute Gasteiger partial charge is 0.259 e. The Labute approximate surface area is 122 Å². The Morgan fingerprint density at radius 3 is 2.76 bits per heavy atom. The Kier molecular flexibility index (Phi) is 3.25. The Morgan fingerprint density at radius 2 is 2.05 bits per heavy atom. The fourth-order valence-electron chi connectivity index (χ4n) is 2.52. The van der Waals surface area contributed by atoms with Crippen molar-refractivity contribution in [2.24, 2.45) is 0 Å². The van der Waals surface area contributed by atoms with Crippen molar-refractivity contribution in [3.8, 4) is 0 Å². The standard InChI is InChI=1S/C16H16N2O3/c1-9-7-13(10(2)21-9)16(20)17-12-4-5-14-11(8-12)3-6-15(19)18-14/h4-5,7-8H,3,6H2,1-2H3,(H,17,20)(H,18,19). The minimum atomic E-state index is -0.191. The summed E-state index contributed by atoms with van der Waals surface area (Å²) in [5, 5.41) is 5.68. The monoisotopic (exact) mass is 284 g/mol. The van der Waals surface area contributed by atoms with E-state index in [4.69, 9.17) is 4.42 Å². The van der Waals surface area contributed by atoms with E-state index in [0.717, 1.165) is 11.3 Å². The predicted molar refractivity (Wildman–Crippen MR) is 79.5 cm³/mol. The SMILES string of the molecule is Cc1cc(C(=O)Nc2ccc3c(c2)CCC(=O)N3)c(C)o1. The maximum Gasteiger partial charge on any atom is 0.259 e. The highest BCUT2D eigenvalue weighted by molar-refractivity contribution is 6.05. The number of fused-ring (bicyclic) bond motifs is 1. The molecule has 0 atom stereocenters. The lowest BCUT2D eigenvalue weighted by Gasteiger charge is -2.17. The summed E-state index contributed by atoms with van der Waals surface area (Å²) in [7, 11) is 0. The van der Waals surface area contributed by atoms with Gasteiger partial charge in [-0.05, 0) is 50.1 Å².